The number of rotatable bonds is 2. The van der Waals surface area contributed by atoms with Crippen molar-refractivity contribution in [2.75, 3.05) is 0 Å². The highest BCUT2D eigenvalue weighted by atomic mass is 16.4. The van der Waals surface area contributed by atoms with Crippen molar-refractivity contribution in [1.82, 2.24) is 9.78 Å². The molecule has 2 heterocycles. The summed E-state index contributed by atoms with van der Waals surface area (Å²) in [5, 5.41) is 14.5. The first-order chi connectivity index (χ1) is 11.6. The van der Waals surface area contributed by atoms with Crippen molar-refractivity contribution in [3.63, 3.8) is 0 Å². The zero-order valence-corrected chi connectivity index (χ0v) is 12.7. The molecule has 118 valence electrons. The van der Waals surface area contributed by atoms with Gasteiger partial charge in [-0.1, -0.05) is 24.3 Å². The van der Waals surface area contributed by atoms with E-state index in [2.05, 4.69) is 5.10 Å². The van der Waals surface area contributed by atoms with E-state index < -0.39 is 11.5 Å². The van der Waals surface area contributed by atoms with Gasteiger partial charge in [0, 0.05) is 5.39 Å². The summed E-state index contributed by atoms with van der Waals surface area (Å²) in [4.78, 5) is 24.3. The molecule has 2 aliphatic rings. The van der Waals surface area contributed by atoms with Crippen LogP contribution in [0.1, 0.15) is 16.1 Å². The molecule has 0 bridgehead atoms. The lowest BCUT2D eigenvalue weighted by Gasteiger charge is -2.04. The average Bonchev–Trinajstić information content (AvgIpc) is 2.93. The average molecular weight is 320 g/mol. The Kier molecular flexibility index (Phi) is 2.99. The van der Waals surface area contributed by atoms with Gasteiger partial charge in [0.05, 0.1) is 11.3 Å². The second-order valence-electron chi connectivity index (χ2n) is 5.42. The van der Waals surface area contributed by atoms with Gasteiger partial charge < -0.3 is 9.52 Å². The van der Waals surface area contributed by atoms with Crippen molar-refractivity contribution >= 4 is 16.9 Å². The van der Waals surface area contributed by atoms with Crippen LogP contribution in [0.15, 0.2) is 57.7 Å². The van der Waals surface area contributed by atoms with Gasteiger partial charge in [-0.15, -0.1) is 0 Å². The molecule has 0 atom stereocenters. The molecule has 24 heavy (non-hydrogen) atoms. The fourth-order valence-electron chi connectivity index (χ4n) is 2.88. The number of hydrogen-bond donors (Lipinski definition) is 1. The largest absolute Gasteiger partial charge is 0.478 e. The third-order valence-corrected chi connectivity index (χ3v) is 3.96. The minimum Gasteiger partial charge on any atom is -0.478 e. The number of para-hydroxylation sites is 2. The van der Waals surface area contributed by atoms with Crippen LogP contribution < -0.4 is 5.56 Å². The molecule has 1 N–H and O–H groups in total. The third-order valence-electron chi connectivity index (χ3n) is 3.96. The molecule has 0 aliphatic carbocycles. The Labute approximate surface area is 135 Å². The molecular formula is C18H12N2O4. The normalized spacial score (nSPS) is 11.2. The number of carbonyl (C=O) groups is 1. The van der Waals surface area contributed by atoms with Crippen LogP contribution in [-0.4, -0.2) is 20.9 Å². The summed E-state index contributed by atoms with van der Waals surface area (Å²) in [6, 6.07) is 13.6. The summed E-state index contributed by atoms with van der Waals surface area (Å²) in [6.07, 6.45) is 0. The maximum absolute atomic E-state index is 12.8. The zero-order valence-electron chi connectivity index (χ0n) is 12.7. The number of nitrogens with zero attached hydrogens (tertiary/aromatic N) is 2. The second-order valence-corrected chi connectivity index (χ2v) is 5.42. The Hall–Kier alpha value is -3.41. The highest BCUT2D eigenvalue weighted by Crippen LogP contribution is 2.31. The van der Waals surface area contributed by atoms with Crippen molar-refractivity contribution in [2.45, 2.75) is 6.92 Å². The molecule has 2 aromatic carbocycles. The smallest absolute Gasteiger partial charge is 0.337 e. The fraction of sp³-hybridized carbons (Fsp3) is 0.0556. The Bertz CT molecular complexity index is 1120. The Morgan fingerprint density at radius 2 is 1.83 bits per heavy atom. The molecule has 0 spiro atoms. The summed E-state index contributed by atoms with van der Waals surface area (Å²) >= 11 is 0. The first kappa shape index (κ1) is 14.2. The van der Waals surface area contributed by atoms with Crippen LogP contribution in [-0.2, 0) is 0 Å². The van der Waals surface area contributed by atoms with Crippen molar-refractivity contribution in [3.05, 3.63) is 70.2 Å². The van der Waals surface area contributed by atoms with E-state index in [0.29, 0.717) is 28.0 Å². The first-order valence-electron chi connectivity index (χ1n) is 7.32. The van der Waals surface area contributed by atoms with Gasteiger partial charge in [-0.05, 0) is 31.2 Å². The zero-order chi connectivity index (χ0) is 16.8. The molecule has 0 saturated carbocycles. The summed E-state index contributed by atoms with van der Waals surface area (Å²) in [5.41, 5.74) is 1.33. The molecule has 0 fully saturated rings. The molecule has 6 nitrogen and oxygen atoms in total. The van der Waals surface area contributed by atoms with Gasteiger partial charge in [-0.25, -0.2) is 4.79 Å². The minimum atomic E-state index is -1.11. The molecule has 0 aromatic heterocycles. The topological polar surface area (TPSA) is 85.3 Å². The highest BCUT2D eigenvalue weighted by Gasteiger charge is 2.24. The summed E-state index contributed by atoms with van der Waals surface area (Å²) in [5.74, 6) is -0.663. The van der Waals surface area contributed by atoms with Crippen molar-refractivity contribution in [1.29, 1.82) is 0 Å². The number of aryl methyl sites for hydroxylation is 1. The van der Waals surface area contributed by atoms with Crippen LogP contribution in [0.4, 0.5) is 0 Å². The molecule has 2 aliphatic heterocycles. The molecule has 2 aromatic rings. The second kappa shape index (κ2) is 5.06. The molecule has 0 amide bonds. The van der Waals surface area contributed by atoms with Gasteiger partial charge in [0.1, 0.15) is 22.6 Å². The quantitative estimate of drug-likeness (QED) is 0.613. The van der Waals surface area contributed by atoms with Crippen molar-refractivity contribution in [3.8, 4) is 16.9 Å². The van der Waals surface area contributed by atoms with E-state index in [4.69, 9.17) is 4.42 Å². The van der Waals surface area contributed by atoms with Crippen LogP contribution in [0.25, 0.3) is 27.9 Å². The summed E-state index contributed by atoms with van der Waals surface area (Å²) in [7, 11) is 0. The van der Waals surface area contributed by atoms with E-state index in [0.717, 1.165) is 4.68 Å². The molecule has 0 saturated heterocycles. The minimum absolute atomic E-state index is 0.0151. The first-order valence-corrected chi connectivity index (χ1v) is 7.32. The molecule has 6 heteroatoms. The van der Waals surface area contributed by atoms with Crippen LogP contribution in [0.3, 0.4) is 0 Å². The maximum atomic E-state index is 12.8. The molecule has 4 rings (SSSR count). The Morgan fingerprint density at radius 1 is 1.12 bits per heavy atom. The maximum Gasteiger partial charge on any atom is 0.337 e. The summed E-state index contributed by atoms with van der Waals surface area (Å²) < 4.78 is 6.84. The SMILES string of the molecule is Cc1oc2ccccc2c2nn(-c3ccccc3C(=O)O)c(=O)c1-2. The van der Waals surface area contributed by atoms with Crippen LogP contribution in [0.2, 0.25) is 0 Å². The van der Waals surface area contributed by atoms with Crippen LogP contribution in [0, 0.1) is 6.92 Å². The van der Waals surface area contributed by atoms with E-state index in [-0.39, 0.29) is 11.3 Å². The lowest BCUT2D eigenvalue weighted by molar-refractivity contribution is 0.0696. The van der Waals surface area contributed by atoms with E-state index in [1.165, 1.54) is 6.07 Å². The predicted molar refractivity (Wildman–Crippen MR) is 87.9 cm³/mol. The van der Waals surface area contributed by atoms with Crippen molar-refractivity contribution in [2.24, 2.45) is 0 Å². The number of fused-ring (bicyclic) bond motifs is 3. The van der Waals surface area contributed by atoms with Gasteiger partial charge in [0.15, 0.2) is 0 Å². The lowest BCUT2D eigenvalue weighted by atomic mass is 10.1. The number of carboxylic acids is 1. The third kappa shape index (κ3) is 1.93. The van der Waals surface area contributed by atoms with E-state index in [9.17, 15) is 14.7 Å². The lowest BCUT2D eigenvalue weighted by Crippen LogP contribution is -2.18. The van der Waals surface area contributed by atoms with E-state index in [1.807, 2.05) is 18.2 Å². The van der Waals surface area contributed by atoms with Crippen LogP contribution >= 0.6 is 0 Å². The van der Waals surface area contributed by atoms with Gasteiger partial charge >= 0.3 is 5.97 Å². The van der Waals surface area contributed by atoms with Crippen LogP contribution in [0.5, 0.6) is 0 Å². The highest BCUT2D eigenvalue weighted by molar-refractivity contribution is 5.94. The monoisotopic (exact) mass is 320 g/mol. The molecular weight excluding hydrogens is 308 g/mol. The molecule has 0 unspecified atom stereocenters. The van der Waals surface area contributed by atoms with Crippen molar-refractivity contribution < 1.29 is 14.3 Å². The van der Waals surface area contributed by atoms with Gasteiger partial charge in [0.25, 0.3) is 5.56 Å². The van der Waals surface area contributed by atoms with Gasteiger partial charge in [0.2, 0.25) is 0 Å². The number of carboxylic acid groups (broad SMARTS) is 1. The van der Waals surface area contributed by atoms with E-state index >= 15 is 0 Å². The summed E-state index contributed by atoms with van der Waals surface area (Å²) in [6.45, 7) is 1.70. The number of hydrogen-bond acceptors (Lipinski definition) is 4. The predicted octanol–water partition coefficient (Wildman–Crippen LogP) is 3.09. The standard InChI is InChI=1S/C18H12N2O4/c1-10-15-16(12-7-3-5-9-14(12)24-10)19-20(17(15)21)13-8-4-2-6-11(13)18(22)23/h2-9H,1H3,(H,22,23). The Morgan fingerprint density at radius 3 is 2.62 bits per heavy atom. The van der Waals surface area contributed by atoms with E-state index in [1.54, 1.807) is 31.2 Å². The number of aromatic carboxylic acids is 1. The van der Waals surface area contributed by atoms with Gasteiger partial charge in [-0.3, -0.25) is 4.79 Å². The fourth-order valence-corrected chi connectivity index (χ4v) is 2.88. The Balaban J connectivity index is 2.13. The number of benzene rings is 2. The molecule has 0 radical (unpaired) electrons. The number of aromatic nitrogens is 2. The van der Waals surface area contributed by atoms with Gasteiger partial charge in [-0.2, -0.15) is 9.78 Å².